The molecule has 4 nitrogen and oxygen atoms in total. The van der Waals surface area contributed by atoms with Gasteiger partial charge in [0.05, 0.1) is 5.41 Å². The Hall–Kier alpha value is -1.58. The molecule has 4 heteroatoms. The Morgan fingerprint density at radius 2 is 1.77 bits per heavy atom. The van der Waals surface area contributed by atoms with E-state index in [0.717, 1.165) is 44.1 Å². The van der Waals surface area contributed by atoms with Crippen LogP contribution in [0.25, 0.3) is 0 Å². The van der Waals surface area contributed by atoms with Crippen LogP contribution in [0.5, 0.6) is 0 Å². The molecule has 2 aliphatic heterocycles. The first-order valence-electron chi connectivity index (χ1n) is 10.3. The lowest BCUT2D eigenvalue weighted by molar-refractivity contribution is -0.203. The molecule has 0 unspecified atom stereocenters. The van der Waals surface area contributed by atoms with E-state index in [1.807, 2.05) is 0 Å². The van der Waals surface area contributed by atoms with Crippen molar-refractivity contribution in [3.63, 3.8) is 0 Å². The summed E-state index contributed by atoms with van der Waals surface area (Å²) in [4.78, 5) is 26.5. The Kier molecular flexibility index (Phi) is 2.06. The lowest BCUT2D eigenvalue weighted by Gasteiger charge is -2.70. The first kappa shape index (κ1) is 14.5. The molecule has 0 aromatic rings. The minimum Gasteiger partial charge on any atom is -0.461 e. The van der Waals surface area contributed by atoms with E-state index in [9.17, 15) is 9.59 Å². The van der Waals surface area contributed by atoms with Crippen molar-refractivity contribution in [3.8, 4) is 0 Å². The van der Waals surface area contributed by atoms with Gasteiger partial charge in [-0.1, -0.05) is 24.6 Å². The third-order valence-corrected chi connectivity index (χ3v) is 9.75. The fourth-order valence-electron chi connectivity index (χ4n) is 9.66. The van der Waals surface area contributed by atoms with Crippen molar-refractivity contribution >= 4 is 11.9 Å². The van der Waals surface area contributed by atoms with Crippen LogP contribution in [0.4, 0.5) is 0 Å². The molecular weight excluding hydrogens is 328 g/mol. The molecule has 0 N–H and O–H groups in total. The number of allylic oxidation sites excluding steroid dienone is 2. The number of rotatable bonds is 0. The summed E-state index contributed by atoms with van der Waals surface area (Å²) in [5.41, 5.74) is 0.719. The second-order valence-corrected chi connectivity index (χ2v) is 10.3. The molecule has 2 bridgehead atoms. The van der Waals surface area contributed by atoms with Gasteiger partial charge in [-0.05, 0) is 57.3 Å². The van der Waals surface area contributed by atoms with E-state index in [1.165, 1.54) is 5.57 Å². The topological polar surface area (TPSA) is 52.6 Å². The van der Waals surface area contributed by atoms with Gasteiger partial charge in [-0.3, -0.25) is 4.79 Å². The molecule has 5 fully saturated rings. The first-order valence-corrected chi connectivity index (χ1v) is 10.3. The van der Waals surface area contributed by atoms with Crippen molar-refractivity contribution in [1.82, 2.24) is 0 Å². The Morgan fingerprint density at radius 3 is 2.62 bits per heavy atom. The van der Waals surface area contributed by atoms with Crippen molar-refractivity contribution in [2.24, 2.45) is 33.5 Å². The summed E-state index contributed by atoms with van der Waals surface area (Å²) in [6, 6.07) is 0. The molecule has 8 aliphatic rings. The monoisotopic (exact) mass is 352 g/mol. The first-order chi connectivity index (χ1) is 12.4. The van der Waals surface area contributed by atoms with Crippen LogP contribution < -0.4 is 0 Å². The predicted molar refractivity (Wildman–Crippen MR) is 91.7 cm³/mol. The molecule has 8 atom stereocenters. The lowest BCUT2D eigenvalue weighted by Crippen LogP contribution is -2.73. The van der Waals surface area contributed by atoms with Gasteiger partial charge >= 0.3 is 11.9 Å². The standard InChI is InChI=1S/C22H24O4/c1-11-7-12-3-6-16-22(12)20(8-11,18(24)26-16)19(2)9-13-4-5-15-21(13,22)14(10-19)17(23)25-15/h8,10,12-13,15-16H,3-7,9H2,1-2H3/t12-,13-,15-,16-,19-,20-,21+,22-/m1/s1. The van der Waals surface area contributed by atoms with Crippen molar-refractivity contribution in [3.05, 3.63) is 23.3 Å². The van der Waals surface area contributed by atoms with Gasteiger partial charge in [-0.25, -0.2) is 4.79 Å². The number of hydrogen-bond donors (Lipinski definition) is 0. The van der Waals surface area contributed by atoms with E-state index in [-0.39, 0.29) is 40.4 Å². The normalized spacial score (nSPS) is 60.1. The van der Waals surface area contributed by atoms with Crippen LogP contribution in [-0.4, -0.2) is 24.1 Å². The van der Waals surface area contributed by atoms with E-state index in [1.54, 1.807) is 0 Å². The molecule has 0 aromatic heterocycles. The summed E-state index contributed by atoms with van der Waals surface area (Å²) in [6.07, 6.45) is 10.4. The fraction of sp³-hybridized carbons (Fsp3) is 0.727. The maximum atomic E-state index is 13.6. The molecular formula is C22H24O4. The molecule has 2 spiro atoms. The van der Waals surface area contributed by atoms with Crippen LogP contribution in [0.1, 0.15) is 52.4 Å². The molecule has 6 aliphatic carbocycles. The van der Waals surface area contributed by atoms with E-state index >= 15 is 0 Å². The van der Waals surface area contributed by atoms with Crippen molar-refractivity contribution in [2.45, 2.75) is 64.6 Å². The molecule has 8 rings (SSSR count). The second-order valence-electron chi connectivity index (χ2n) is 10.3. The highest BCUT2D eigenvalue weighted by molar-refractivity contribution is 5.98. The molecule has 2 saturated heterocycles. The molecule has 0 aromatic carbocycles. The second kappa shape index (κ2) is 3.70. The van der Waals surface area contributed by atoms with E-state index in [2.05, 4.69) is 26.0 Å². The van der Waals surface area contributed by atoms with Gasteiger partial charge in [0.2, 0.25) is 0 Å². The zero-order chi connectivity index (χ0) is 17.7. The minimum absolute atomic E-state index is 0.0260. The quantitative estimate of drug-likeness (QED) is 0.496. The lowest BCUT2D eigenvalue weighted by atomic mass is 9.28. The van der Waals surface area contributed by atoms with Crippen molar-refractivity contribution in [2.75, 3.05) is 0 Å². The van der Waals surface area contributed by atoms with Gasteiger partial charge in [0.1, 0.15) is 17.6 Å². The minimum atomic E-state index is -0.606. The Bertz CT molecular complexity index is 885. The average molecular weight is 352 g/mol. The number of hydrogen-bond acceptors (Lipinski definition) is 4. The van der Waals surface area contributed by atoms with Crippen molar-refractivity contribution < 1.29 is 19.1 Å². The summed E-state index contributed by atoms with van der Waals surface area (Å²) in [5, 5.41) is 0. The SMILES string of the molecule is CC1=C[C@]23C(=O)O[C@@H]4CC[C@H](C1)[C@@]42[C@]12C4=C[C@@]3(C)C[C@H]1CC[C@H]2OC4=O. The molecule has 26 heavy (non-hydrogen) atoms. The molecule has 3 saturated carbocycles. The van der Waals surface area contributed by atoms with Gasteiger partial charge in [0, 0.05) is 16.4 Å². The van der Waals surface area contributed by atoms with E-state index in [0.29, 0.717) is 11.8 Å². The third kappa shape index (κ3) is 0.981. The number of carbonyl (C=O) groups is 2. The van der Waals surface area contributed by atoms with Crippen LogP contribution >= 0.6 is 0 Å². The van der Waals surface area contributed by atoms with Gasteiger partial charge < -0.3 is 9.47 Å². The molecule has 0 amide bonds. The van der Waals surface area contributed by atoms with Gasteiger partial charge in [0.15, 0.2) is 0 Å². The summed E-state index contributed by atoms with van der Waals surface area (Å²) in [6.45, 7) is 4.40. The van der Waals surface area contributed by atoms with Crippen LogP contribution in [0, 0.1) is 33.5 Å². The summed E-state index contributed by atoms with van der Waals surface area (Å²) in [5.74, 6) is 0.729. The average Bonchev–Trinajstić information content (AvgIpc) is 3.27. The highest BCUT2D eigenvalue weighted by atomic mass is 16.6. The number of ether oxygens (including phenoxy) is 2. The summed E-state index contributed by atoms with van der Waals surface area (Å²) < 4.78 is 12.2. The molecule has 0 radical (unpaired) electrons. The predicted octanol–water partition coefficient (Wildman–Crippen LogP) is 3.32. The van der Waals surface area contributed by atoms with E-state index in [4.69, 9.17) is 9.47 Å². The van der Waals surface area contributed by atoms with Gasteiger partial charge in [-0.2, -0.15) is 0 Å². The number of esters is 2. The fourth-order valence-corrected chi connectivity index (χ4v) is 9.66. The number of carbonyl (C=O) groups excluding carboxylic acids is 2. The van der Waals surface area contributed by atoms with Gasteiger partial charge in [0.25, 0.3) is 0 Å². The van der Waals surface area contributed by atoms with Crippen LogP contribution in [0.3, 0.4) is 0 Å². The zero-order valence-corrected chi connectivity index (χ0v) is 15.3. The van der Waals surface area contributed by atoms with Crippen LogP contribution in [0.2, 0.25) is 0 Å². The van der Waals surface area contributed by atoms with Crippen LogP contribution in [-0.2, 0) is 19.1 Å². The largest absolute Gasteiger partial charge is 0.461 e. The van der Waals surface area contributed by atoms with Crippen molar-refractivity contribution in [1.29, 1.82) is 0 Å². The highest BCUT2D eigenvalue weighted by Crippen LogP contribution is 2.88. The van der Waals surface area contributed by atoms with E-state index < -0.39 is 5.41 Å². The summed E-state index contributed by atoms with van der Waals surface area (Å²) >= 11 is 0. The molecule has 2 heterocycles. The third-order valence-electron chi connectivity index (χ3n) is 9.75. The smallest absolute Gasteiger partial charge is 0.334 e. The van der Waals surface area contributed by atoms with Crippen LogP contribution in [0.15, 0.2) is 23.3 Å². The van der Waals surface area contributed by atoms with Gasteiger partial charge in [-0.15, -0.1) is 0 Å². The highest BCUT2D eigenvalue weighted by Gasteiger charge is 2.92. The maximum absolute atomic E-state index is 13.6. The summed E-state index contributed by atoms with van der Waals surface area (Å²) in [7, 11) is 0. The molecule has 136 valence electrons. The maximum Gasteiger partial charge on any atom is 0.334 e. The zero-order valence-electron chi connectivity index (χ0n) is 15.3. The Morgan fingerprint density at radius 1 is 1.00 bits per heavy atom. The Balaban J connectivity index is 1.70. The Labute approximate surface area is 153 Å².